The first-order valence-electron chi connectivity index (χ1n) is 14.0. The maximum atomic E-state index is 13.0. The Morgan fingerprint density at radius 1 is 0.875 bits per heavy atom. The fourth-order valence-electron chi connectivity index (χ4n) is 4.98. The third-order valence-electron chi connectivity index (χ3n) is 6.73. The van der Waals surface area contributed by atoms with Gasteiger partial charge in [-0.25, -0.2) is 9.59 Å². The lowest BCUT2D eigenvalue weighted by molar-refractivity contribution is -0.147. The summed E-state index contributed by atoms with van der Waals surface area (Å²) in [5.74, 6) is -0.600. The number of esters is 1. The summed E-state index contributed by atoms with van der Waals surface area (Å²) in [4.78, 5) is 37.5. The van der Waals surface area contributed by atoms with Crippen molar-refractivity contribution in [1.29, 1.82) is 0 Å². The molecule has 0 unspecified atom stereocenters. The molecule has 9 heteroatoms. The van der Waals surface area contributed by atoms with Crippen molar-refractivity contribution in [2.24, 2.45) is 0 Å². The highest BCUT2D eigenvalue weighted by molar-refractivity contribution is 5.81. The van der Waals surface area contributed by atoms with Gasteiger partial charge in [0, 0.05) is 30.6 Å². The molecule has 3 rings (SSSR count). The summed E-state index contributed by atoms with van der Waals surface area (Å²) in [6, 6.07) is 18.2. The molecule has 218 valence electrons. The molecule has 0 saturated heterocycles. The van der Waals surface area contributed by atoms with E-state index in [0.29, 0.717) is 19.0 Å². The average molecular weight is 553 g/mol. The van der Waals surface area contributed by atoms with Crippen molar-refractivity contribution >= 4 is 18.0 Å². The summed E-state index contributed by atoms with van der Waals surface area (Å²) in [5, 5.41) is 12.9. The van der Waals surface area contributed by atoms with Crippen molar-refractivity contribution in [3.63, 3.8) is 0 Å². The molecule has 1 fully saturated rings. The van der Waals surface area contributed by atoms with E-state index in [0.717, 1.165) is 30.4 Å². The molecule has 4 N–H and O–H groups in total. The number of benzene rings is 2. The molecule has 0 bridgehead atoms. The zero-order valence-corrected chi connectivity index (χ0v) is 24.1. The Kier molecular flexibility index (Phi) is 12.0. The minimum absolute atomic E-state index is 0.0141. The number of nitrogens with one attached hydrogen (secondary N) is 4. The van der Waals surface area contributed by atoms with Crippen LogP contribution in [0, 0.1) is 0 Å². The van der Waals surface area contributed by atoms with Crippen LogP contribution in [0.1, 0.15) is 64.5 Å². The molecule has 0 heterocycles. The second kappa shape index (κ2) is 15.4. The van der Waals surface area contributed by atoms with Crippen LogP contribution in [-0.4, -0.2) is 54.2 Å². The first kappa shape index (κ1) is 31.1. The quantitative estimate of drug-likeness (QED) is 0.296. The van der Waals surface area contributed by atoms with Gasteiger partial charge < -0.3 is 30.7 Å². The number of ether oxygens (including phenoxy) is 2. The van der Waals surface area contributed by atoms with Crippen molar-refractivity contribution in [3.8, 4) is 0 Å². The second-order valence-electron chi connectivity index (χ2n) is 11.4. The standard InChI is InChI=1S/C31H44N4O5/c1-22(36)33-28-19-25(35-31(2,3)4)15-16-26(28)32-18-17-27(29(37)39-20-23-11-7-5-8-12-23)34-30(38)40-21-24-13-9-6-10-14-24/h5-14,25-28,32,35H,15-21H2,1-4H3,(H,33,36)(H,34,38)/t25-,26+,27+,28-/m1/s1. The number of carbonyl (C=O) groups is 3. The van der Waals surface area contributed by atoms with E-state index >= 15 is 0 Å². The summed E-state index contributed by atoms with van der Waals surface area (Å²) in [6.07, 6.45) is 2.27. The Balaban J connectivity index is 1.57. The van der Waals surface area contributed by atoms with Gasteiger partial charge in [-0.05, 0) is 64.1 Å². The van der Waals surface area contributed by atoms with Gasteiger partial charge in [-0.2, -0.15) is 0 Å². The summed E-state index contributed by atoms with van der Waals surface area (Å²) >= 11 is 0. The van der Waals surface area contributed by atoms with Gasteiger partial charge >= 0.3 is 12.1 Å². The molecule has 0 radical (unpaired) electrons. The predicted molar refractivity (Wildman–Crippen MR) is 154 cm³/mol. The molecule has 2 amide bonds. The molecule has 0 aliphatic heterocycles. The molecule has 4 atom stereocenters. The van der Waals surface area contributed by atoms with Crippen LogP contribution in [0.4, 0.5) is 4.79 Å². The van der Waals surface area contributed by atoms with Crippen LogP contribution in [-0.2, 0) is 32.3 Å². The molecule has 1 saturated carbocycles. The molecule has 2 aromatic rings. The highest BCUT2D eigenvalue weighted by Crippen LogP contribution is 2.22. The van der Waals surface area contributed by atoms with Crippen LogP contribution in [0.5, 0.6) is 0 Å². The molecule has 1 aliphatic rings. The lowest BCUT2D eigenvalue weighted by Crippen LogP contribution is -2.58. The monoisotopic (exact) mass is 552 g/mol. The summed E-state index contributed by atoms with van der Waals surface area (Å²) in [6.45, 7) is 8.60. The van der Waals surface area contributed by atoms with Crippen molar-refractivity contribution in [2.75, 3.05) is 6.54 Å². The van der Waals surface area contributed by atoms with E-state index in [1.165, 1.54) is 6.92 Å². The van der Waals surface area contributed by atoms with Gasteiger partial charge in [0.1, 0.15) is 19.3 Å². The Hall–Kier alpha value is -3.43. The lowest BCUT2D eigenvalue weighted by Gasteiger charge is -2.40. The minimum Gasteiger partial charge on any atom is -0.459 e. The van der Waals surface area contributed by atoms with Crippen molar-refractivity contribution < 1.29 is 23.9 Å². The van der Waals surface area contributed by atoms with Gasteiger partial charge in [-0.3, -0.25) is 4.79 Å². The third-order valence-corrected chi connectivity index (χ3v) is 6.73. The molecule has 2 aromatic carbocycles. The van der Waals surface area contributed by atoms with E-state index < -0.39 is 18.1 Å². The molecule has 0 aromatic heterocycles. The molecular weight excluding hydrogens is 508 g/mol. The van der Waals surface area contributed by atoms with E-state index in [2.05, 4.69) is 42.0 Å². The first-order chi connectivity index (χ1) is 19.1. The smallest absolute Gasteiger partial charge is 0.408 e. The highest BCUT2D eigenvalue weighted by atomic mass is 16.6. The Morgan fingerprint density at radius 3 is 2.05 bits per heavy atom. The topological polar surface area (TPSA) is 118 Å². The fraction of sp³-hybridized carbons (Fsp3) is 0.516. The number of alkyl carbamates (subject to hydrolysis) is 1. The van der Waals surface area contributed by atoms with Gasteiger partial charge in [0.05, 0.1) is 0 Å². The van der Waals surface area contributed by atoms with E-state index in [9.17, 15) is 14.4 Å². The van der Waals surface area contributed by atoms with E-state index in [4.69, 9.17) is 9.47 Å². The van der Waals surface area contributed by atoms with Crippen LogP contribution >= 0.6 is 0 Å². The third kappa shape index (κ3) is 11.4. The summed E-state index contributed by atoms with van der Waals surface area (Å²) < 4.78 is 10.9. The van der Waals surface area contributed by atoms with Crippen LogP contribution in [0.25, 0.3) is 0 Å². The number of rotatable bonds is 12. The molecule has 40 heavy (non-hydrogen) atoms. The Bertz CT molecular complexity index is 1070. The van der Waals surface area contributed by atoms with Gasteiger partial charge in [-0.1, -0.05) is 60.7 Å². The number of hydrogen-bond acceptors (Lipinski definition) is 7. The van der Waals surface area contributed by atoms with E-state index in [1.54, 1.807) is 0 Å². The average Bonchev–Trinajstić information content (AvgIpc) is 2.91. The SMILES string of the molecule is CC(=O)N[C@@H]1C[C@H](NC(C)(C)C)CC[C@@H]1NCC[C@H](NC(=O)OCc1ccccc1)C(=O)OCc1ccccc1. The maximum absolute atomic E-state index is 13.0. The molecule has 0 spiro atoms. The van der Waals surface area contributed by atoms with Gasteiger partial charge in [0.25, 0.3) is 0 Å². The Morgan fingerprint density at radius 2 is 1.48 bits per heavy atom. The van der Waals surface area contributed by atoms with Crippen molar-refractivity contribution in [1.82, 2.24) is 21.3 Å². The van der Waals surface area contributed by atoms with Crippen molar-refractivity contribution in [3.05, 3.63) is 71.8 Å². The van der Waals surface area contributed by atoms with Crippen LogP contribution < -0.4 is 21.3 Å². The zero-order valence-electron chi connectivity index (χ0n) is 24.1. The van der Waals surface area contributed by atoms with Gasteiger partial charge in [0.2, 0.25) is 5.91 Å². The Labute approximate surface area is 237 Å². The normalized spacial score (nSPS) is 19.8. The summed E-state index contributed by atoms with van der Waals surface area (Å²) in [5.41, 5.74) is 1.70. The zero-order chi connectivity index (χ0) is 29.0. The predicted octanol–water partition coefficient (Wildman–Crippen LogP) is 3.82. The van der Waals surface area contributed by atoms with E-state index in [-0.39, 0.29) is 36.7 Å². The number of carbonyl (C=O) groups excluding carboxylic acids is 3. The first-order valence-corrected chi connectivity index (χ1v) is 14.0. The van der Waals surface area contributed by atoms with Crippen LogP contribution in [0.15, 0.2) is 60.7 Å². The summed E-state index contributed by atoms with van der Waals surface area (Å²) in [7, 11) is 0. The molecule has 1 aliphatic carbocycles. The second-order valence-corrected chi connectivity index (χ2v) is 11.4. The highest BCUT2D eigenvalue weighted by Gasteiger charge is 2.33. The molecular formula is C31H44N4O5. The fourth-order valence-corrected chi connectivity index (χ4v) is 4.98. The van der Waals surface area contributed by atoms with Crippen LogP contribution in [0.3, 0.4) is 0 Å². The van der Waals surface area contributed by atoms with Gasteiger partial charge in [-0.15, -0.1) is 0 Å². The number of amides is 2. The minimum atomic E-state index is -0.891. The lowest BCUT2D eigenvalue weighted by atomic mass is 9.85. The maximum Gasteiger partial charge on any atom is 0.408 e. The van der Waals surface area contributed by atoms with Gasteiger partial charge in [0.15, 0.2) is 0 Å². The van der Waals surface area contributed by atoms with Crippen molar-refractivity contribution in [2.45, 2.75) is 96.3 Å². The largest absolute Gasteiger partial charge is 0.459 e. The van der Waals surface area contributed by atoms with Crippen LogP contribution in [0.2, 0.25) is 0 Å². The molecule has 9 nitrogen and oxygen atoms in total. The van der Waals surface area contributed by atoms with E-state index in [1.807, 2.05) is 60.7 Å². The number of hydrogen-bond donors (Lipinski definition) is 4.